The van der Waals surface area contributed by atoms with Crippen molar-refractivity contribution in [2.75, 3.05) is 0 Å². The summed E-state index contributed by atoms with van der Waals surface area (Å²) in [7, 11) is 0. The van der Waals surface area contributed by atoms with Crippen LogP contribution < -0.4 is 4.74 Å². The van der Waals surface area contributed by atoms with Gasteiger partial charge in [0.05, 0.1) is 0 Å². The Morgan fingerprint density at radius 1 is 1.22 bits per heavy atom. The predicted octanol–water partition coefficient (Wildman–Crippen LogP) is 2.33. The summed E-state index contributed by atoms with van der Waals surface area (Å²) in [5.74, 6) is -2.21. The molecule has 0 aliphatic rings. The van der Waals surface area contributed by atoms with Crippen LogP contribution in [-0.2, 0) is 22.4 Å². The Balaban J connectivity index is 3.02. The molecule has 0 spiro atoms. The molecule has 1 N–H and O–H groups in total. The standard InChI is InChI=1S/C13H15FO4/c1-3-8-9(4-2)11(6-5-10(8)14)18-13(17)7-12(15)16/h5-6H,3-4,7H2,1-2H3,(H,15,16). The highest BCUT2D eigenvalue weighted by atomic mass is 19.1. The minimum absolute atomic E-state index is 0.238. The van der Waals surface area contributed by atoms with Crippen molar-refractivity contribution in [2.45, 2.75) is 33.1 Å². The lowest BCUT2D eigenvalue weighted by atomic mass is 10.0. The number of ether oxygens (including phenoxy) is 1. The summed E-state index contributed by atoms with van der Waals surface area (Å²) in [5, 5.41) is 8.47. The molecule has 0 aliphatic heterocycles. The van der Waals surface area contributed by atoms with Gasteiger partial charge in [-0.1, -0.05) is 13.8 Å². The van der Waals surface area contributed by atoms with Gasteiger partial charge in [-0.15, -0.1) is 0 Å². The second-order valence-electron chi connectivity index (χ2n) is 3.75. The number of carboxylic acid groups (broad SMARTS) is 1. The largest absolute Gasteiger partial charge is 0.481 e. The summed E-state index contributed by atoms with van der Waals surface area (Å²) in [6.07, 6.45) is 0.290. The number of carboxylic acids is 1. The van der Waals surface area contributed by atoms with E-state index in [0.29, 0.717) is 24.0 Å². The summed E-state index contributed by atoms with van der Waals surface area (Å²) >= 11 is 0. The minimum Gasteiger partial charge on any atom is -0.481 e. The van der Waals surface area contributed by atoms with Crippen LogP contribution in [0.25, 0.3) is 0 Å². The van der Waals surface area contributed by atoms with Crippen molar-refractivity contribution in [1.82, 2.24) is 0 Å². The monoisotopic (exact) mass is 254 g/mol. The van der Waals surface area contributed by atoms with Crippen LogP contribution >= 0.6 is 0 Å². The van der Waals surface area contributed by atoms with Gasteiger partial charge in [0.15, 0.2) is 0 Å². The van der Waals surface area contributed by atoms with Gasteiger partial charge in [0, 0.05) is 5.56 Å². The first kappa shape index (κ1) is 14.2. The Labute approximate surface area is 104 Å². The normalized spacial score (nSPS) is 10.2. The number of aliphatic carboxylic acids is 1. The first-order chi connectivity index (χ1) is 8.49. The molecule has 4 nitrogen and oxygen atoms in total. The van der Waals surface area contributed by atoms with E-state index in [1.54, 1.807) is 6.92 Å². The van der Waals surface area contributed by atoms with E-state index in [2.05, 4.69) is 0 Å². The van der Waals surface area contributed by atoms with Crippen LogP contribution in [0.1, 0.15) is 31.4 Å². The van der Waals surface area contributed by atoms with Crippen molar-refractivity contribution in [3.05, 3.63) is 29.1 Å². The number of carbonyl (C=O) groups is 2. The number of rotatable bonds is 5. The van der Waals surface area contributed by atoms with Crippen LogP contribution in [-0.4, -0.2) is 17.0 Å². The smallest absolute Gasteiger partial charge is 0.322 e. The second kappa shape index (κ2) is 6.14. The lowest BCUT2D eigenvalue weighted by Gasteiger charge is -2.13. The Bertz CT molecular complexity index is 468. The quantitative estimate of drug-likeness (QED) is 0.497. The van der Waals surface area contributed by atoms with Crippen molar-refractivity contribution in [3.8, 4) is 5.75 Å². The van der Waals surface area contributed by atoms with E-state index in [1.165, 1.54) is 12.1 Å². The highest BCUT2D eigenvalue weighted by Crippen LogP contribution is 2.26. The van der Waals surface area contributed by atoms with E-state index >= 15 is 0 Å². The summed E-state index contributed by atoms with van der Waals surface area (Å²) in [6, 6.07) is 2.58. The van der Waals surface area contributed by atoms with Gasteiger partial charge in [-0.3, -0.25) is 9.59 Å². The van der Waals surface area contributed by atoms with E-state index in [1.807, 2.05) is 6.92 Å². The maximum atomic E-state index is 13.5. The van der Waals surface area contributed by atoms with Gasteiger partial charge in [-0.25, -0.2) is 4.39 Å². The van der Waals surface area contributed by atoms with E-state index in [-0.39, 0.29) is 11.6 Å². The molecular formula is C13H15FO4. The molecule has 18 heavy (non-hydrogen) atoms. The van der Waals surface area contributed by atoms with Crippen molar-refractivity contribution in [1.29, 1.82) is 0 Å². The minimum atomic E-state index is -1.25. The average Bonchev–Trinajstić information content (AvgIpc) is 2.29. The molecule has 0 saturated carbocycles. The third-order valence-corrected chi connectivity index (χ3v) is 2.56. The molecule has 0 fully saturated rings. The Kier molecular flexibility index (Phi) is 4.83. The number of halogens is 1. The average molecular weight is 254 g/mol. The summed E-state index contributed by atoms with van der Waals surface area (Å²) < 4.78 is 18.5. The zero-order valence-corrected chi connectivity index (χ0v) is 10.3. The first-order valence-electron chi connectivity index (χ1n) is 5.72. The number of esters is 1. The molecule has 0 bridgehead atoms. The lowest BCUT2D eigenvalue weighted by Crippen LogP contribution is -2.14. The molecule has 5 heteroatoms. The molecule has 0 atom stereocenters. The molecule has 1 aromatic carbocycles. The van der Waals surface area contributed by atoms with Crippen molar-refractivity contribution < 1.29 is 23.8 Å². The van der Waals surface area contributed by atoms with Gasteiger partial charge in [0.1, 0.15) is 18.0 Å². The molecule has 0 saturated heterocycles. The van der Waals surface area contributed by atoms with Crippen LogP contribution in [0.4, 0.5) is 4.39 Å². The van der Waals surface area contributed by atoms with Crippen LogP contribution in [0.3, 0.4) is 0 Å². The van der Waals surface area contributed by atoms with Crippen LogP contribution in [0.5, 0.6) is 5.75 Å². The SMILES string of the molecule is CCc1c(F)ccc(OC(=O)CC(=O)O)c1CC. The fourth-order valence-corrected chi connectivity index (χ4v) is 1.79. The molecule has 0 aromatic heterocycles. The topological polar surface area (TPSA) is 63.6 Å². The summed E-state index contributed by atoms with van der Waals surface area (Å²) in [5.41, 5.74) is 1.11. The zero-order valence-electron chi connectivity index (χ0n) is 10.3. The molecule has 98 valence electrons. The zero-order chi connectivity index (χ0) is 13.7. The van der Waals surface area contributed by atoms with Gasteiger partial charge in [0.2, 0.25) is 0 Å². The molecule has 0 radical (unpaired) electrons. The highest BCUT2D eigenvalue weighted by molar-refractivity contribution is 5.91. The predicted molar refractivity (Wildman–Crippen MR) is 63.0 cm³/mol. The van der Waals surface area contributed by atoms with Crippen LogP contribution in [0, 0.1) is 5.82 Å². The third kappa shape index (κ3) is 3.29. The highest BCUT2D eigenvalue weighted by Gasteiger charge is 2.16. The lowest BCUT2D eigenvalue weighted by molar-refractivity contribution is -0.145. The number of benzene rings is 1. The van der Waals surface area contributed by atoms with E-state index < -0.39 is 18.4 Å². The Morgan fingerprint density at radius 3 is 2.33 bits per heavy atom. The van der Waals surface area contributed by atoms with Gasteiger partial charge < -0.3 is 9.84 Å². The van der Waals surface area contributed by atoms with E-state index in [4.69, 9.17) is 9.84 Å². The fraction of sp³-hybridized carbons (Fsp3) is 0.385. The first-order valence-corrected chi connectivity index (χ1v) is 5.72. The molecular weight excluding hydrogens is 239 g/mol. The van der Waals surface area contributed by atoms with Gasteiger partial charge in [0.25, 0.3) is 0 Å². The van der Waals surface area contributed by atoms with E-state index in [9.17, 15) is 14.0 Å². The van der Waals surface area contributed by atoms with Crippen molar-refractivity contribution >= 4 is 11.9 Å². The Hall–Kier alpha value is -1.91. The van der Waals surface area contributed by atoms with Crippen molar-refractivity contribution in [3.63, 3.8) is 0 Å². The summed E-state index contributed by atoms with van der Waals surface area (Å²) in [6.45, 7) is 3.63. The van der Waals surface area contributed by atoms with Crippen LogP contribution in [0.15, 0.2) is 12.1 Å². The summed E-state index contributed by atoms with van der Waals surface area (Å²) in [4.78, 5) is 21.6. The molecule has 0 heterocycles. The maximum absolute atomic E-state index is 13.5. The van der Waals surface area contributed by atoms with Crippen molar-refractivity contribution in [2.24, 2.45) is 0 Å². The fourth-order valence-electron chi connectivity index (χ4n) is 1.79. The second-order valence-corrected chi connectivity index (χ2v) is 3.75. The third-order valence-electron chi connectivity index (χ3n) is 2.56. The van der Waals surface area contributed by atoms with E-state index in [0.717, 1.165) is 0 Å². The molecule has 0 aliphatic carbocycles. The molecule has 0 amide bonds. The van der Waals surface area contributed by atoms with Gasteiger partial charge in [-0.05, 0) is 30.5 Å². The van der Waals surface area contributed by atoms with Gasteiger partial charge in [-0.2, -0.15) is 0 Å². The molecule has 1 rings (SSSR count). The number of hydrogen-bond donors (Lipinski definition) is 1. The number of carbonyl (C=O) groups excluding carboxylic acids is 1. The Morgan fingerprint density at radius 2 is 1.83 bits per heavy atom. The number of hydrogen-bond acceptors (Lipinski definition) is 3. The van der Waals surface area contributed by atoms with Crippen LogP contribution in [0.2, 0.25) is 0 Å². The maximum Gasteiger partial charge on any atom is 0.322 e. The van der Waals surface area contributed by atoms with Gasteiger partial charge >= 0.3 is 11.9 Å². The molecule has 1 aromatic rings. The molecule has 0 unspecified atom stereocenters.